The summed E-state index contributed by atoms with van der Waals surface area (Å²) in [7, 11) is -3.98. The maximum Gasteiger partial charge on any atom is 0.297 e. The summed E-state index contributed by atoms with van der Waals surface area (Å²) < 4.78 is 32.3. The molecule has 8 nitrogen and oxygen atoms in total. The van der Waals surface area contributed by atoms with Gasteiger partial charge in [0.25, 0.3) is 10.1 Å². The molecule has 2 aromatic heterocycles. The van der Waals surface area contributed by atoms with Crippen molar-refractivity contribution in [1.82, 2.24) is 19.7 Å². The predicted octanol–water partition coefficient (Wildman–Crippen LogP) is 3.56. The van der Waals surface area contributed by atoms with Crippen molar-refractivity contribution >= 4 is 31.8 Å². The predicted molar refractivity (Wildman–Crippen MR) is 115 cm³/mol. The zero-order valence-corrected chi connectivity index (χ0v) is 18.3. The lowest BCUT2D eigenvalue weighted by Crippen LogP contribution is -2.13. The van der Waals surface area contributed by atoms with E-state index in [4.69, 9.17) is 4.18 Å². The molecule has 31 heavy (non-hydrogen) atoms. The largest absolute Gasteiger partial charge is 0.297 e. The number of benzene rings is 2. The van der Waals surface area contributed by atoms with Crippen LogP contribution in [-0.2, 0) is 20.9 Å². The molecule has 0 saturated carbocycles. The van der Waals surface area contributed by atoms with Crippen LogP contribution >= 0.6 is 15.9 Å². The smallest absolute Gasteiger partial charge is 0.287 e. The van der Waals surface area contributed by atoms with Crippen molar-refractivity contribution in [3.63, 3.8) is 0 Å². The fourth-order valence-electron chi connectivity index (χ4n) is 2.88. The van der Waals surface area contributed by atoms with Gasteiger partial charge in [0.1, 0.15) is 18.6 Å². The van der Waals surface area contributed by atoms with Crippen molar-refractivity contribution < 1.29 is 17.4 Å². The van der Waals surface area contributed by atoms with Gasteiger partial charge in [0.15, 0.2) is 5.82 Å². The average molecular weight is 499 g/mol. The summed E-state index contributed by atoms with van der Waals surface area (Å²) in [4.78, 5) is 17.2. The van der Waals surface area contributed by atoms with E-state index in [-0.39, 0.29) is 28.8 Å². The Morgan fingerprint density at radius 3 is 2.55 bits per heavy atom. The van der Waals surface area contributed by atoms with E-state index >= 15 is 0 Å². The van der Waals surface area contributed by atoms with Crippen LogP contribution in [-0.4, -0.2) is 33.9 Å². The van der Waals surface area contributed by atoms with Crippen LogP contribution in [0.15, 0.2) is 88.6 Å². The van der Waals surface area contributed by atoms with Gasteiger partial charge in [-0.2, -0.15) is 8.42 Å². The molecule has 4 rings (SSSR count). The highest BCUT2D eigenvalue weighted by atomic mass is 79.9. The van der Waals surface area contributed by atoms with Crippen LogP contribution in [0.4, 0.5) is 0 Å². The number of pyridine rings is 1. The molecule has 0 bridgehead atoms. The van der Waals surface area contributed by atoms with E-state index in [2.05, 4.69) is 31.1 Å². The van der Waals surface area contributed by atoms with Gasteiger partial charge in [-0.1, -0.05) is 40.2 Å². The van der Waals surface area contributed by atoms with Crippen molar-refractivity contribution in [3.05, 3.63) is 101 Å². The van der Waals surface area contributed by atoms with Crippen LogP contribution in [0.3, 0.4) is 0 Å². The van der Waals surface area contributed by atoms with Gasteiger partial charge in [0.2, 0.25) is 5.78 Å². The summed E-state index contributed by atoms with van der Waals surface area (Å²) in [6.07, 6.45) is 2.93. The molecule has 0 unspecified atom stereocenters. The van der Waals surface area contributed by atoms with Crippen LogP contribution < -0.4 is 0 Å². The first-order valence-corrected chi connectivity index (χ1v) is 11.2. The van der Waals surface area contributed by atoms with Crippen molar-refractivity contribution in [2.75, 3.05) is 0 Å². The summed E-state index contributed by atoms with van der Waals surface area (Å²) >= 11 is 3.38. The van der Waals surface area contributed by atoms with Crippen LogP contribution in [0, 0.1) is 0 Å². The first kappa shape index (κ1) is 21.0. The fourth-order valence-corrected chi connectivity index (χ4v) is 4.13. The van der Waals surface area contributed by atoms with E-state index in [0.717, 1.165) is 0 Å². The molecule has 0 spiro atoms. The van der Waals surface area contributed by atoms with Gasteiger partial charge in [-0.3, -0.25) is 18.5 Å². The maximum absolute atomic E-state index is 13.1. The number of ketones is 1. The molecule has 2 heterocycles. The van der Waals surface area contributed by atoms with Crippen molar-refractivity contribution in [3.8, 4) is 5.69 Å². The minimum atomic E-state index is -3.98. The van der Waals surface area contributed by atoms with Crippen molar-refractivity contribution in [1.29, 1.82) is 0 Å². The van der Waals surface area contributed by atoms with Crippen LogP contribution in [0.1, 0.15) is 21.9 Å². The molecule has 156 valence electrons. The van der Waals surface area contributed by atoms with Crippen LogP contribution in [0.25, 0.3) is 5.69 Å². The number of nitrogens with zero attached hydrogens (tertiary/aromatic N) is 4. The summed E-state index contributed by atoms with van der Waals surface area (Å²) in [6.45, 7) is -0.357. The molecule has 0 atom stereocenters. The molecule has 4 aromatic rings. The standard InChI is InChI=1S/C21H15BrN4O4S/c22-15-9-10-19(17(12-15)21(27)18-8-4-5-11-23-18)26-14-24-25-20(26)13-30-31(28,29)16-6-2-1-3-7-16/h1-12,14H,13H2. The molecule has 0 amide bonds. The minimum Gasteiger partial charge on any atom is -0.287 e. The van der Waals surface area contributed by atoms with Gasteiger partial charge in [0, 0.05) is 16.2 Å². The summed E-state index contributed by atoms with van der Waals surface area (Å²) in [5.41, 5.74) is 1.10. The Hall–Kier alpha value is -3.21. The molecular weight excluding hydrogens is 484 g/mol. The summed E-state index contributed by atoms with van der Waals surface area (Å²) in [5, 5.41) is 7.84. The fraction of sp³-hybridized carbons (Fsp3) is 0.0476. The molecule has 0 saturated heterocycles. The van der Waals surface area contributed by atoms with Gasteiger partial charge < -0.3 is 0 Å². The molecule has 0 fully saturated rings. The zero-order valence-electron chi connectivity index (χ0n) is 15.9. The Balaban J connectivity index is 1.67. The summed E-state index contributed by atoms with van der Waals surface area (Å²) in [6, 6.07) is 18.0. The monoisotopic (exact) mass is 498 g/mol. The van der Waals surface area contributed by atoms with Gasteiger partial charge >= 0.3 is 0 Å². The van der Waals surface area contributed by atoms with Gasteiger partial charge in [-0.05, 0) is 42.5 Å². The number of carbonyl (C=O) groups is 1. The highest BCUT2D eigenvalue weighted by Crippen LogP contribution is 2.24. The molecule has 0 aliphatic heterocycles. The quantitative estimate of drug-likeness (QED) is 0.283. The third kappa shape index (κ3) is 4.61. The molecule has 0 aliphatic carbocycles. The van der Waals surface area contributed by atoms with Crippen molar-refractivity contribution in [2.45, 2.75) is 11.5 Å². The van der Waals surface area contributed by atoms with Crippen molar-refractivity contribution in [2.24, 2.45) is 0 Å². The summed E-state index contributed by atoms with van der Waals surface area (Å²) in [5.74, 6) is -0.0775. The van der Waals surface area contributed by atoms with Crippen LogP contribution in [0.2, 0.25) is 0 Å². The van der Waals surface area contributed by atoms with E-state index < -0.39 is 10.1 Å². The van der Waals surface area contributed by atoms with E-state index in [1.54, 1.807) is 54.6 Å². The van der Waals surface area contributed by atoms with Gasteiger partial charge in [0.05, 0.1) is 10.6 Å². The first-order chi connectivity index (χ1) is 15.0. The lowest BCUT2D eigenvalue weighted by atomic mass is 10.1. The molecule has 2 aromatic carbocycles. The van der Waals surface area contributed by atoms with E-state index in [0.29, 0.717) is 15.7 Å². The van der Waals surface area contributed by atoms with E-state index in [1.165, 1.54) is 29.2 Å². The minimum absolute atomic E-state index is 0.0377. The zero-order chi connectivity index (χ0) is 21.8. The number of rotatable bonds is 7. The Labute approximate surface area is 186 Å². The second kappa shape index (κ2) is 8.88. The number of hydrogen-bond donors (Lipinski definition) is 0. The van der Waals surface area contributed by atoms with E-state index in [9.17, 15) is 13.2 Å². The Bertz CT molecular complexity index is 1330. The normalized spacial score (nSPS) is 11.4. The molecule has 0 radical (unpaired) electrons. The first-order valence-electron chi connectivity index (χ1n) is 9.05. The van der Waals surface area contributed by atoms with Gasteiger partial charge in [-0.15, -0.1) is 10.2 Å². The molecule has 0 N–H and O–H groups in total. The third-order valence-corrected chi connectivity index (χ3v) is 6.12. The topological polar surface area (TPSA) is 104 Å². The highest BCUT2D eigenvalue weighted by molar-refractivity contribution is 9.10. The Kier molecular flexibility index (Phi) is 6.03. The second-order valence-corrected chi connectivity index (χ2v) is 8.88. The second-order valence-electron chi connectivity index (χ2n) is 6.35. The van der Waals surface area contributed by atoms with Gasteiger partial charge in [-0.25, -0.2) is 0 Å². The number of aromatic nitrogens is 4. The lowest BCUT2D eigenvalue weighted by molar-refractivity contribution is 0.103. The number of carbonyl (C=O) groups excluding carboxylic acids is 1. The SMILES string of the molecule is O=C(c1ccccn1)c1cc(Br)ccc1-n1cnnc1COS(=O)(=O)c1ccccc1. The number of hydrogen-bond acceptors (Lipinski definition) is 7. The Morgan fingerprint density at radius 2 is 1.81 bits per heavy atom. The lowest BCUT2D eigenvalue weighted by Gasteiger charge is -2.12. The third-order valence-electron chi connectivity index (χ3n) is 4.35. The Morgan fingerprint density at radius 1 is 1.03 bits per heavy atom. The highest BCUT2D eigenvalue weighted by Gasteiger charge is 2.21. The molecule has 0 aliphatic rings. The maximum atomic E-state index is 13.1. The molecule has 10 heteroatoms. The number of halogens is 1. The van der Waals surface area contributed by atoms with Crippen LogP contribution in [0.5, 0.6) is 0 Å². The molecular formula is C21H15BrN4O4S. The average Bonchev–Trinajstić information content (AvgIpc) is 3.27. The van der Waals surface area contributed by atoms with E-state index in [1.807, 2.05) is 0 Å².